The van der Waals surface area contributed by atoms with Gasteiger partial charge >= 0.3 is 0 Å². The molecule has 0 bridgehead atoms. The molecule has 1 fully saturated rings. The molecule has 0 unspecified atom stereocenters. The van der Waals surface area contributed by atoms with Crippen molar-refractivity contribution in [3.8, 4) is 0 Å². The number of carbonyl (C=O) groups excluding carboxylic acids is 2. The molecule has 5 heteroatoms. The van der Waals surface area contributed by atoms with Crippen molar-refractivity contribution in [2.75, 3.05) is 34.2 Å². The molecule has 1 aliphatic heterocycles. The van der Waals surface area contributed by atoms with Crippen LogP contribution in [0.4, 0.5) is 0 Å². The Labute approximate surface area is 132 Å². The first-order chi connectivity index (χ1) is 8.29. The van der Waals surface area contributed by atoms with Crippen LogP contribution in [-0.4, -0.2) is 55.4 Å². The molecule has 1 aliphatic carbocycles. The fraction of sp³-hybridized carbons (Fsp3) is 0.714. The van der Waals surface area contributed by atoms with Crippen LogP contribution < -0.4 is 24.0 Å². The van der Waals surface area contributed by atoms with Crippen molar-refractivity contribution >= 4 is 11.8 Å². The van der Waals surface area contributed by atoms with E-state index in [2.05, 4.69) is 27.2 Å². The number of hydrogen-bond donors (Lipinski definition) is 0. The molecule has 2 amide bonds. The van der Waals surface area contributed by atoms with Crippen LogP contribution in [0, 0.1) is 11.8 Å². The summed E-state index contributed by atoms with van der Waals surface area (Å²) in [5.74, 6) is -0.0864. The lowest BCUT2D eigenvalue weighted by Gasteiger charge is -2.26. The van der Waals surface area contributed by atoms with Gasteiger partial charge in [0.15, 0.2) is 0 Å². The third-order valence-electron chi connectivity index (χ3n) is 3.91. The highest BCUT2D eigenvalue weighted by molar-refractivity contribution is 6.05. The molecule has 108 valence electrons. The predicted octanol–water partition coefficient (Wildman–Crippen LogP) is -1.96. The quantitative estimate of drug-likeness (QED) is 0.248. The number of allylic oxidation sites excluding steroid dienone is 2. The number of likely N-dealkylation sites (tertiary alicyclic amines) is 1. The van der Waals surface area contributed by atoms with Crippen molar-refractivity contribution < 1.29 is 38.0 Å². The molecular formula is C14H23IN2O2. The summed E-state index contributed by atoms with van der Waals surface area (Å²) in [7, 11) is 6.22. The van der Waals surface area contributed by atoms with Crippen molar-refractivity contribution in [3.63, 3.8) is 0 Å². The molecule has 0 N–H and O–H groups in total. The molecule has 2 atom stereocenters. The van der Waals surface area contributed by atoms with Gasteiger partial charge in [-0.15, -0.1) is 0 Å². The Balaban J connectivity index is 0.00000180. The first kappa shape index (κ1) is 16.6. The van der Waals surface area contributed by atoms with Crippen molar-refractivity contribution in [2.45, 2.75) is 19.8 Å². The van der Waals surface area contributed by atoms with Crippen LogP contribution in [0.25, 0.3) is 0 Å². The smallest absolute Gasteiger partial charge is 0.233 e. The summed E-state index contributed by atoms with van der Waals surface area (Å²) in [5.41, 5.74) is 1.24. The molecule has 0 aromatic heterocycles. The molecule has 0 spiro atoms. The van der Waals surface area contributed by atoms with E-state index >= 15 is 0 Å². The zero-order chi connectivity index (χ0) is 13.5. The van der Waals surface area contributed by atoms with Gasteiger partial charge < -0.3 is 28.5 Å². The number of amides is 2. The number of quaternary nitrogens is 1. The minimum atomic E-state index is -0.0892. The average Bonchev–Trinajstić information content (AvgIpc) is 2.48. The Bertz CT molecular complexity index is 412. The van der Waals surface area contributed by atoms with Crippen molar-refractivity contribution in [3.05, 3.63) is 11.6 Å². The first-order valence-electron chi connectivity index (χ1n) is 6.61. The standard InChI is InChI=1S/C14H23N2O2.HI/c1-10-5-6-11-12(9-10)14(18)15(13(11)17)7-8-16(2,3)4;/h5,11-12H,6-9H2,1-4H3;1H/q+1;/p-1/t11-,12+;/m1./s1. The topological polar surface area (TPSA) is 37.4 Å². The summed E-state index contributed by atoms with van der Waals surface area (Å²) < 4.78 is 0.768. The SMILES string of the molecule is CC1=CC[C@H]2C(=O)N(CC[N+](C)(C)C)C(=O)[C@H]2C1.[I-]. The molecule has 2 rings (SSSR count). The fourth-order valence-electron chi connectivity index (χ4n) is 2.73. The van der Waals surface area contributed by atoms with Crippen molar-refractivity contribution in [1.29, 1.82) is 0 Å². The van der Waals surface area contributed by atoms with Gasteiger partial charge in [0.1, 0.15) is 0 Å². The molecule has 4 nitrogen and oxygen atoms in total. The van der Waals surface area contributed by atoms with Crippen LogP contribution in [0.1, 0.15) is 19.8 Å². The minimum Gasteiger partial charge on any atom is -1.00 e. The summed E-state index contributed by atoms with van der Waals surface area (Å²) in [5, 5.41) is 0. The highest BCUT2D eigenvalue weighted by Gasteiger charge is 2.48. The van der Waals surface area contributed by atoms with Gasteiger partial charge in [0, 0.05) is 0 Å². The van der Waals surface area contributed by atoms with E-state index in [9.17, 15) is 9.59 Å². The molecular weight excluding hydrogens is 355 g/mol. The lowest BCUT2D eigenvalue weighted by Crippen LogP contribution is -3.00. The van der Waals surface area contributed by atoms with Gasteiger partial charge in [0.25, 0.3) is 0 Å². The largest absolute Gasteiger partial charge is 1.00 e. The zero-order valence-corrected chi connectivity index (χ0v) is 14.3. The van der Waals surface area contributed by atoms with Crippen LogP contribution in [0.3, 0.4) is 0 Å². The number of imide groups is 1. The fourth-order valence-corrected chi connectivity index (χ4v) is 2.73. The molecule has 0 aromatic rings. The van der Waals surface area contributed by atoms with E-state index in [4.69, 9.17) is 0 Å². The van der Waals surface area contributed by atoms with Crippen LogP contribution in [0.15, 0.2) is 11.6 Å². The summed E-state index contributed by atoms with van der Waals surface area (Å²) in [6.45, 7) is 3.40. The molecule has 19 heavy (non-hydrogen) atoms. The van der Waals surface area contributed by atoms with Gasteiger partial charge in [-0.2, -0.15) is 0 Å². The maximum atomic E-state index is 12.3. The van der Waals surface area contributed by atoms with Gasteiger partial charge in [0.05, 0.1) is 46.1 Å². The van der Waals surface area contributed by atoms with Crippen molar-refractivity contribution in [2.24, 2.45) is 11.8 Å². The maximum absolute atomic E-state index is 12.3. The second kappa shape index (κ2) is 5.91. The third kappa shape index (κ3) is 3.56. The highest BCUT2D eigenvalue weighted by Crippen LogP contribution is 2.37. The van der Waals surface area contributed by atoms with Gasteiger partial charge in [-0.05, 0) is 19.8 Å². The highest BCUT2D eigenvalue weighted by atomic mass is 127. The van der Waals surface area contributed by atoms with Gasteiger partial charge in [-0.25, -0.2) is 0 Å². The number of hydrogen-bond acceptors (Lipinski definition) is 2. The monoisotopic (exact) mass is 378 g/mol. The summed E-state index contributed by atoms with van der Waals surface area (Å²) in [6.07, 6.45) is 3.60. The number of likely N-dealkylation sites (N-methyl/N-ethyl adjacent to an activating group) is 1. The number of fused-ring (bicyclic) bond motifs is 1. The number of rotatable bonds is 3. The Kier molecular flexibility index (Phi) is 5.17. The van der Waals surface area contributed by atoms with Gasteiger partial charge in [-0.3, -0.25) is 14.5 Å². The average molecular weight is 378 g/mol. The Hall–Kier alpha value is -0.430. The van der Waals surface area contributed by atoms with E-state index in [0.717, 1.165) is 23.9 Å². The lowest BCUT2D eigenvalue weighted by atomic mass is 9.82. The molecule has 2 aliphatic rings. The van der Waals surface area contributed by atoms with E-state index in [1.54, 1.807) is 0 Å². The second-order valence-corrected chi connectivity index (χ2v) is 6.55. The third-order valence-corrected chi connectivity index (χ3v) is 3.91. The number of halogens is 1. The molecule has 1 saturated heterocycles. The summed E-state index contributed by atoms with van der Waals surface area (Å²) >= 11 is 0. The van der Waals surface area contributed by atoms with Gasteiger partial charge in [-0.1, -0.05) is 11.6 Å². The summed E-state index contributed by atoms with van der Waals surface area (Å²) in [6, 6.07) is 0. The molecule has 0 saturated carbocycles. The number of carbonyl (C=O) groups is 2. The molecule has 1 heterocycles. The lowest BCUT2D eigenvalue weighted by molar-refractivity contribution is -0.869. The first-order valence-corrected chi connectivity index (χ1v) is 6.61. The maximum Gasteiger partial charge on any atom is 0.233 e. The molecule has 0 radical (unpaired) electrons. The Morgan fingerprint density at radius 3 is 2.37 bits per heavy atom. The van der Waals surface area contributed by atoms with E-state index in [0.29, 0.717) is 6.54 Å². The van der Waals surface area contributed by atoms with E-state index < -0.39 is 0 Å². The van der Waals surface area contributed by atoms with Crippen LogP contribution in [0.2, 0.25) is 0 Å². The molecule has 0 aromatic carbocycles. The Morgan fingerprint density at radius 1 is 1.21 bits per heavy atom. The van der Waals surface area contributed by atoms with Crippen molar-refractivity contribution in [1.82, 2.24) is 4.90 Å². The zero-order valence-electron chi connectivity index (χ0n) is 12.1. The van der Waals surface area contributed by atoms with E-state index in [1.807, 2.05) is 6.92 Å². The van der Waals surface area contributed by atoms with Crippen LogP contribution in [0.5, 0.6) is 0 Å². The second-order valence-electron chi connectivity index (χ2n) is 6.55. The van der Waals surface area contributed by atoms with Gasteiger partial charge in [0.2, 0.25) is 11.8 Å². The minimum absolute atomic E-state index is 0. The van der Waals surface area contributed by atoms with Crippen LogP contribution >= 0.6 is 0 Å². The predicted molar refractivity (Wildman–Crippen MR) is 69.6 cm³/mol. The van der Waals surface area contributed by atoms with Crippen LogP contribution in [-0.2, 0) is 9.59 Å². The van der Waals surface area contributed by atoms with E-state index in [1.165, 1.54) is 10.5 Å². The summed E-state index contributed by atoms with van der Waals surface area (Å²) in [4.78, 5) is 26.0. The normalized spacial score (nSPS) is 26.9. The number of nitrogens with zero attached hydrogens (tertiary/aromatic N) is 2. The van der Waals surface area contributed by atoms with E-state index in [-0.39, 0.29) is 47.6 Å². The Morgan fingerprint density at radius 2 is 1.79 bits per heavy atom.